The lowest BCUT2D eigenvalue weighted by molar-refractivity contribution is -0.117. The molecule has 0 aliphatic carbocycles. The van der Waals surface area contributed by atoms with Crippen molar-refractivity contribution in [2.45, 2.75) is 33.3 Å². The Bertz CT molecular complexity index is 379. The molecule has 0 aromatic heterocycles. The molecule has 0 N–H and O–H groups in total. The maximum Gasteiger partial charge on any atom is 0.262 e. The van der Waals surface area contributed by atoms with Crippen LogP contribution in [0.5, 0.6) is 5.75 Å². The molecule has 0 aliphatic rings. The molecule has 1 aromatic rings. The van der Waals surface area contributed by atoms with Gasteiger partial charge in [-0.15, -0.1) is 0 Å². The standard InChI is InChI=1S/C12H14Cl2O2/c1-4-10(12(14)15)16-9-5-7(2)11(13)8(3)6-9/h5-6,10H,4H2,1-3H3/t10-/m0/s1. The largest absolute Gasteiger partial charge is 0.481 e. The average molecular weight is 261 g/mol. The van der Waals surface area contributed by atoms with Gasteiger partial charge in [-0.25, -0.2) is 0 Å². The Morgan fingerprint density at radius 3 is 2.25 bits per heavy atom. The van der Waals surface area contributed by atoms with Crippen molar-refractivity contribution in [3.05, 3.63) is 28.3 Å². The summed E-state index contributed by atoms with van der Waals surface area (Å²) in [6.45, 7) is 5.64. The minimum Gasteiger partial charge on any atom is -0.481 e. The number of carbonyl (C=O) groups is 1. The highest BCUT2D eigenvalue weighted by atomic mass is 35.5. The van der Waals surface area contributed by atoms with E-state index in [0.717, 1.165) is 16.1 Å². The van der Waals surface area contributed by atoms with Crippen molar-refractivity contribution in [1.82, 2.24) is 0 Å². The number of hydrogen-bond acceptors (Lipinski definition) is 2. The van der Waals surface area contributed by atoms with Gasteiger partial charge in [0.15, 0.2) is 6.10 Å². The first-order valence-electron chi connectivity index (χ1n) is 5.08. The number of halogens is 2. The van der Waals surface area contributed by atoms with Gasteiger partial charge < -0.3 is 4.74 Å². The third-order valence-corrected chi connectivity index (χ3v) is 3.15. The van der Waals surface area contributed by atoms with Crippen molar-refractivity contribution in [2.24, 2.45) is 0 Å². The van der Waals surface area contributed by atoms with Crippen LogP contribution in [0, 0.1) is 13.8 Å². The van der Waals surface area contributed by atoms with Crippen LogP contribution in [0.2, 0.25) is 5.02 Å². The van der Waals surface area contributed by atoms with E-state index >= 15 is 0 Å². The summed E-state index contributed by atoms with van der Waals surface area (Å²) < 4.78 is 5.50. The molecular formula is C12H14Cl2O2. The van der Waals surface area contributed by atoms with E-state index < -0.39 is 11.3 Å². The van der Waals surface area contributed by atoms with Gasteiger partial charge in [0, 0.05) is 5.02 Å². The van der Waals surface area contributed by atoms with Gasteiger partial charge in [-0.2, -0.15) is 0 Å². The quantitative estimate of drug-likeness (QED) is 0.769. The fourth-order valence-electron chi connectivity index (χ4n) is 1.43. The molecule has 0 saturated heterocycles. The van der Waals surface area contributed by atoms with Gasteiger partial charge in [0.05, 0.1) is 0 Å². The average Bonchev–Trinajstić information content (AvgIpc) is 2.21. The Morgan fingerprint density at radius 2 is 1.88 bits per heavy atom. The van der Waals surface area contributed by atoms with E-state index in [4.69, 9.17) is 27.9 Å². The zero-order valence-electron chi connectivity index (χ0n) is 9.51. The van der Waals surface area contributed by atoms with Crippen molar-refractivity contribution >= 4 is 28.4 Å². The molecule has 16 heavy (non-hydrogen) atoms. The van der Waals surface area contributed by atoms with E-state index in [1.165, 1.54) is 0 Å². The van der Waals surface area contributed by atoms with Crippen LogP contribution in [0.3, 0.4) is 0 Å². The SMILES string of the molecule is CC[C@H](Oc1cc(C)c(Cl)c(C)c1)C(=O)Cl. The maximum atomic E-state index is 11.0. The van der Waals surface area contributed by atoms with Gasteiger partial charge in [-0.3, -0.25) is 4.79 Å². The number of benzene rings is 1. The Kier molecular flexibility index (Phi) is 4.63. The van der Waals surface area contributed by atoms with E-state index in [-0.39, 0.29) is 0 Å². The molecule has 0 spiro atoms. The van der Waals surface area contributed by atoms with Gasteiger partial charge in [0.25, 0.3) is 5.24 Å². The number of rotatable bonds is 4. The van der Waals surface area contributed by atoms with Gasteiger partial charge >= 0.3 is 0 Å². The van der Waals surface area contributed by atoms with E-state index in [1.54, 1.807) is 12.1 Å². The van der Waals surface area contributed by atoms with E-state index in [9.17, 15) is 4.79 Å². The first kappa shape index (κ1) is 13.3. The predicted octanol–water partition coefficient (Wildman–Crippen LogP) is 3.88. The summed E-state index contributed by atoms with van der Waals surface area (Å²) in [5.74, 6) is 0.625. The first-order chi connectivity index (χ1) is 7.45. The molecule has 1 rings (SSSR count). The summed E-state index contributed by atoms with van der Waals surface area (Å²) in [6, 6.07) is 3.61. The molecule has 88 valence electrons. The van der Waals surface area contributed by atoms with Crippen molar-refractivity contribution in [3.8, 4) is 5.75 Å². The van der Waals surface area contributed by atoms with Crippen LogP contribution in [0.4, 0.5) is 0 Å². The minimum absolute atomic E-state index is 0.479. The summed E-state index contributed by atoms with van der Waals surface area (Å²) in [5.41, 5.74) is 1.85. The van der Waals surface area contributed by atoms with Gasteiger partial charge in [-0.05, 0) is 55.1 Å². The summed E-state index contributed by atoms with van der Waals surface area (Å²) in [4.78, 5) is 11.0. The van der Waals surface area contributed by atoms with Crippen LogP contribution in [-0.4, -0.2) is 11.3 Å². The monoisotopic (exact) mass is 260 g/mol. The zero-order valence-corrected chi connectivity index (χ0v) is 11.0. The van der Waals surface area contributed by atoms with Crippen LogP contribution >= 0.6 is 23.2 Å². The first-order valence-corrected chi connectivity index (χ1v) is 5.84. The molecule has 1 aromatic carbocycles. The molecule has 0 heterocycles. The molecule has 0 fully saturated rings. The lowest BCUT2D eigenvalue weighted by Gasteiger charge is -2.15. The Labute approximate surface area is 106 Å². The smallest absolute Gasteiger partial charge is 0.262 e. The number of aryl methyl sites for hydroxylation is 2. The second-order valence-electron chi connectivity index (χ2n) is 3.69. The highest BCUT2D eigenvalue weighted by molar-refractivity contribution is 6.64. The topological polar surface area (TPSA) is 26.3 Å². The third kappa shape index (κ3) is 3.13. The van der Waals surface area contributed by atoms with Crippen LogP contribution in [0.25, 0.3) is 0 Å². The van der Waals surface area contributed by atoms with E-state index in [2.05, 4.69) is 0 Å². The molecular weight excluding hydrogens is 247 g/mol. The Morgan fingerprint density at radius 1 is 1.38 bits per heavy atom. The minimum atomic E-state index is -0.596. The normalized spacial score (nSPS) is 12.3. The molecule has 0 aliphatic heterocycles. The molecule has 0 radical (unpaired) electrons. The third-order valence-electron chi connectivity index (χ3n) is 2.31. The summed E-state index contributed by atoms with van der Waals surface area (Å²) >= 11 is 11.4. The Balaban J connectivity index is 2.93. The maximum absolute atomic E-state index is 11.0. The molecule has 0 saturated carbocycles. The van der Waals surface area contributed by atoms with Gasteiger partial charge in [-0.1, -0.05) is 18.5 Å². The highest BCUT2D eigenvalue weighted by Gasteiger charge is 2.16. The molecule has 1 atom stereocenters. The molecule has 4 heteroatoms. The van der Waals surface area contributed by atoms with Gasteiger partial charge in [0.2, 0.25) is 0 Å². The summed E-state index contributed by atoms with van der Waals surface area (Å²) in [5, 5.41) is 0.241. The van der Waals surface area contributed by atoms with Gasteiger partial charge in [0.1, 0.15) is 5.75 Å². The molecule has 0 bridgehead atoms. The van der Waals surface area contributed by atoms with E-state index in [0.29, 0.717) is 12.2 Å². The van der Waals surface area contributed by atoms with Crippen LogP contribution in [0.1, 0.15) is 24.5 Å². The molecule has 0 amide bonds. The second kappa shape index (κ2) is 5.55. The fourth-order valence-corrected chi connectivity index (χ4v) is 1.74. The van der Waals surface area contributed by atoms with Crippen molar-refractivity contribution in [3.63, 3.8) is 0 Å². The van der Waals surface area contributed by atoms with Crippen molar-refractivity contribution in [1.29, 1.82) is 0 Å². The lowest BCUT2D eigenvalue weighted by Crippen LogP contribution is -2.22. The fraction of sp³-hybridized carbons (Fsp3) is 0.417. The Hall–Kier alpha value is -0.730. The predicted molar refractivity (Wildman–Crippen MR) is 66.5 cm³/mol. The zero-order chi connectivity index (χ0) is 12.3. The summed E-state index contributed by atoms with van der Waals surface area (Å²) in [6.07, 6.45) is -0.0510. The van der Waals surface area contributed by atoms with Crippen LogP contribution < -0.4 is 4.74 Å². The van der Waals surface area contributed by atoms with Crippen LogP contribution in [-0.2, 0) is 4.79 Å². The number of hydrogen-bond donors (Lipinski definition) is 0. The highest BCUT2D eigenvalue weighted by Crippen LogP contribution is 2.26. The van der Waals surface area contributed by atoms with E-state index in [1.807, 2.05) is 20.8 Å². The number of carbonyl (C=O) groups excluding carboxylic acids is 1. The van der Waals surface area contributed by atoms with Crippen LogP contribution in [0.15, 0.2) is 12.1 Å². The molecule has 2 nitrogen and oxygen atoms in total. The second-order valence-corrected chi connectivity index (χ2v) is 4.44. The summed E-state index contributed by atoms with van der Waals surface area (Å²) in [7, 11) is 0. The van der Waals surface area contributed by atoms with Crippen molar-refractivity contribution in [2.75, 3.05) is 0 Å². The number of ether oxygens (including phenoxy) is 1. The molecule has 0 unspecified atom stereocenters. The lowest BCUT2D eigenvalue weighted by atomic mass is 10.1. The van der Waals surface area contributed by atoms with Crippen molar-refractivity contribution < 1.29 is 9.53 Å².